The lowest BCUT2D eigenvalue weighted by Crippen LogP contribution is -2.41. The first-order valence-corrected chi connectivity index (χ1v) is 13.7. The number of piperidine rings is 1. The Balaban J connectivity index is 1.50. The molecule has 192 valence electrons. The Morgan fingerprint density at radius 1 is 1.14 bits per heavy atom. The summed E-state index contributed by atoms with van der Waals surface area (Å²) in [5.41, 5.74) is 4.73. The van der Waals surface area contributed by atoms with Gasteiger partial charge in [-0.2, -0.15) is 0 Å². The van der Waals surface area contributed by atoms with Gasteiger partial charge in [-0.1, -0.05) is 18.6 Å². The molecule has 0 saturated carbocycles. The second kappa shape index (κ2) is 10.3. The first-order valence-electron chi connectivity index (χ1n) is 12.9. The second-order valence-electron chi connectivity index (χ2n) is 10.8. The Hall–Kier alpha value is -1.86. The monoisotopic (exact) mass is 504 g/mol. The van der Waals surface area contributed by atoms with Crippen LogP contribution in [0.1, 0.15) is 85.0 Å². The number of ketones is 1. The van der Waals surface area contributed by atoms with Gasteiger partial charge in [0.1, 0.15) is 0 Å². The van der Waals surface area contributed by atoms with Crippen LogP contribution in [0, 0.1) is 12.8 Å². The zero-order chi connectivity index (χ0) is 25.5. The van der Waals surface area contributed by atoms with E-state index in [2.05, 4.69) is 19.9 Å². The summed E-state index contributed by atoms with van der Waals surface area (Å²) in [5, 5.41) is 0. The summed E-state index contributed by atoms with van der Waals surface area (Å²) in [4.78, 5) is 32.4. The minimum absolute atomic E-state index is 0.0421. The van der Waals surface area contributed by atoms with Crippen molar-refractivity contribution in [3.8, 4) is 0 Å². The van der Waals surface area contributed by atoms with Crippen LogP contribution < -0.4 is 0 Å². The normalized spacial score (nSPS) is 21.5. The van der Waals surface area contributed by atoms with Crippen LogP contribution in [0.15, 0.2) is 22.8 Å². The fourth-order valence-corrected chi connectivity index (χ4v) is 7.75. The minimum Gasteiger partial charge on any atom is -0.334 e. The third-order valence-electron chi connectivity index (χ3n) is 7.91. The number of likely N-dealkylation sites (tertiary alicyclic amines) is 1. The van der Waals surface area contributed by atoms with Gasteiger partial charge in [0.15, 0.2) is 5.78 Å². The smallest absolute Gasteiger partial charge is 0.257 e. The highest BCUT2D eigenvalue weighted by atomic mass is 32.1. The number of hydrogen-bond donors (Lipinski definition) is 0. The number of thiophene rings is 1. The van der Waals surface area contributed by atoms with Crippen LogP contribution in [-0.4, -0.2) is 60.1 Å². The molecule has 2 aliphatic heterocycles. The Bertz CT molecular complexity index is 1060. The highest BCUT2D eigenvalue weighted by Crippen LogP contribution is 2.44. The van der Waals surface area contributed by atoms with Crippen molar-refractivity contribution in [1.29, 1.82) is 0 Å². The summed E-state index contributed by atoms with van der Waals surface area (Å²) in [6, 6.07) is 0. The fraction of sp³-hybridized carbons (Fsp3) is 0.643. The van der Waals surface area contributed by atoms with Gasteiger partial charge < -0.3 is 4.90 Å². The molecular weight excluding hydrogens is 466 g/mol. The first-order chi connectivity index (χ1) is 16.5. The van der Waals surface area contributed by atoms with Crippen LogP contribution in [0.25, 0.3) is 0 Å². The summed E-state index contributed by atoms with van der Waals surface area (Å²) >= 11 is 1.78. The van der Waals surface area contributed by atoms with E-state index in [1.165, 1.54) is 4.88 Å². The number of rotatable bonds is 7. The molecule has 1 aromatic rings. The van der Waals surface area contributed by atoms with E-state index in [4.69, 9.17) is 0 Å². The van der Waals surface area contributed by atoms with Crippen LogP contribution in [0.3, 0.4) is 0 Å². The third-order valence-corrected chi connectivity index (χ3v) is 9.39. The molecule has 1 saturated heterocycles. The van der Waals surface area contributed by atoms with E-state index < -0.39 is 5.92 Å². The fourth-order valence-electron chi connectivity index (χ4n) is 6.18. The molecule has 3 heterocycles. The molecule has 0 aromatic carbocycles. The maximum atomic E-state index is 13.6. The molecule has 1 amide bonds. The van der Waals surface area contributed by atoms with E-state index in [9.17, 15) is 18.4 Å². The SMILES string of the molecule is CCC(c1sc2c(c1C)C(=O)N(CC1=C(C)C=C(C)CC1=O)CC2)C1CCN(CC(C)(F)F)CC1. The maximum absolute atomic E-state index is 13.6. The highest BCUT2D eigenvalue weighted by Gasteiger charge is 2.36. The van der Waals surface area contributed by atoms with Crippen molar-refractivity contribution in [2.75, 3.05) is 32.7 Å². The summed E-state index contributed by atoms with van der Waals surface area (Å²) in [6.45, 7) is 11.5. The molecule has 3 aliphatic rings. The molecule has 0 spiro atoms. The number of nitrogens with zero attached hydrogens (tertiary/aromatic N) is 2. The number of allylic oxidation sites excluding steroid dienone is 3. The van der Waals surface area contributed by atoms with Crippen LogP contribution >= 0.6 is 11.3 Å². The lowest BCUT2D eigenvalue weighted by atomic mass is 9.80. The van der Waals surface area contributed by atoms with Crippen molar-refractivity contribution in [1.82, 2.24) is 9.80 Å². The topological polar surface area (TPSA) is 40.6 Å². The number of Topliss-reactive ketones (excluding diaryl/α,β-unsaturated/α-hetero) is 1. The average Bonchev–Trinajstić information content (AvgIpc) is 3.09. The zero-order valence-electron chi connectivity index (χ0n) is 21.7. The van der Waals surface area contributed by atoms with Crippen molar-refractivity contribution in [2.24, 2.45) is 5.92 Å². The molecule has 1 aromatic heterocycles. The van der Waals surface area contributed by atoms with Gasteiger partial charge in [0.2, 0.25) is 0 Å². The van der Waals surface area contributed by atoms with E-state index in [1.807, 2.05) is 23.6 Å². The summed E-state index contributed by atoms with van der Waals surface area (Å²) in [5.74, 6) is -1.68. The molecule has 1 unspecified atom stereocenters. The molecule has 4 rings (SSSR count). The number of alkyl halides is 2. The van der Waals surface area contributed by atoms with E-state index in [1.54, 1.807) is 11.3 Å². The summed E-state index contributed by atoms with van der Waals surface area (Å²) < 4.78 is 26.9. The Kier molecular flexibility index (Phi) is 7.68. The Morgan fingerprint density at radius 2 is 1.83 bits per heavy atom. The van der Waals surface area contributed by atoms with Crippen molar-refractivity contribution in [3.63, 3.8) is 0 Å². The highest BCUT2D eigenvalue weighted by molar-refractivity contribution is 7.12. The molecule has 0 bridgehead atoms. The molecule has 35 heavy (non-hydrogen) atoms. The quantitative estimate of drug-likeness (QED) is 0.447. The van der Waals surface area contributed by atoms with Gasteiger partial charge in [-0.3, -0.25) is 14.5 Å². The largest absolute Gasteiger partial charge is 0.334 e. The molecule has 7 heteroatoms. The third kappa shape index (κ3) is 5.61. The minimum atomic E-state index is -2.65. The molecule has 1 atom stereocenters. The van der Waals surface area contributed by atoms with Gasteiger partial charge in [-0.05, 0) is 76.1 Å². The second-order valence-corrected chi connectivity index (χ2v) is 12.0. The van der Waals surface area contributed by atoms with Crippen molar-refractivity contribution in [2.45, 2.75) is 78.6 Å². The molecule has 0 N–H and O–H groups in total. The molecule has 0 radical (unpaired) electrons. The number of carbonyl (C=O) groups is 2. The Morgan fingerprint density at radius 3 is 2.43 bits per heavy atom. The van der Waals surface area contributed by atoms with Gasteiger partial charge in [-0.25, -0.2) is 8.78 Å². The van der Waals surface area contributed by atoms with E-state index in [0.717, 1.165) is 65.3 Å². The van der Waals surface area contributed by atoms with Crippen LogP contribution in [0.2, 0.25) is 0 Å². The predicted molar refractivity (Wildman–Crippen MR) is 138 cm³/mol. The standard InChI is InChI=1S/C28H38F2N2O2S/c1-6-21(20-7-10-31(11-8-20)16-28(5,29)30)26-19(4)25-24(35-26)9-12-32(27(25)34)15-22-18(3)13-17(2)14-23(22)33/h13,20-21H,6-12,14-16H2,1-5H3. The lowest BCUT2D eigenvalue weighted by molar-refractivity contribution is -0.115. The lowest BCUT2D eigenvalue weighted by Gasteiger charge is -2.36. The Labute approximate surface area is 212 Å². The predicted octanol–water partition coefficient (Wildman–Crippen LogP) is 6.15. The number of amides is 1. The van der Waals surface area contributed by atoms with Gasteiger partial charge in [0, 0.05) is 48.2 Å². The number of hydrogen-bond acceptors (Lipinski definition) is 4. The number of fused-ring (bicyclic) bond motifs is 1. The van der Waals surface area contributed by atoms with Crippen molar-refractivity contribution < 1.29 is 18.4 Å². The summed E-state index contributed by atoms with van der Waals surface area (Å²) in [6.07, 6.45) is 6.14. The van der Waals surface area contributed by atoms with Crippen LogP contribution in [-0.2, 0) is 11.2 Å². The van der Waals surface area contributed by atoms with Gasteiger partial charge in [-0.15, -0.1) is 11.3 Å². The number of halogens is 2. The van der Waals surface area contributed by atoms with E-state index in [-0.39, 0.29) is 18.2 Å². The zero-order valence-corrected chi connectivity index (χ0v) is 22.5. The molecule has 1 aliphatic carbocycles. The van der Waals surface area contributed by atoms with Crippen molar-refractivity contribution >= 4 is 23.0 Å². The van der Waals surface area contributed by atoms with Crippen molar-refractivity contribution in [3.05, 3.63) is 43.7 Å². The van der Waals surface area contributed by atoms with Crippen LogP contribution in [0.4, 0.5) is 8.78 Å². The van der Waals surface area contributed by atoms with E-state index in [0.29, 0.717) is 44.4 Å². The summed E-state index contributed by atoms with van der Waals surface area (Å²) in [7, 11) is 0. The maximum Gasteiger partial charge on any atom is 0.257 e. The molecule has 4 nitrogen and oxygen atoms in total. The van der Waals surface area contributed by atoms with E-state index >= 15 is 0 Å². The first kappa shape index (κ1) is 26.2. The number of carbonyl (C=O) groups excluding carboxylic acids is 2. The average molecular weight is 505 g/mol. The van der Waals surface area contributed by atoms with Crippen LogP contribution in [0.5, 0.6) is 0 Å². The molecule has 1 fully saturated rings. The van der Waals surface area contributed by atoms with Gasteiger partial charge in [0.05, 0.1) is 12.1 Å². The molecular formula is C28H38F2N2O2S. The van der Waals surface area contributed by atoms with Gasteiger partial charge >= 0.3 is 0 Å². The van der Waals surface area contributed by atoms with Gasteiger partial charge in [0.25, 0.3) is 11.8 Å².